The number of aromatic nitrogens is 2. The summed E-state index contributed by atoms with van der Waals surface area (Å²) < 4.78 is 5.12. The molecule has 0 bridgehead atoms. The first-order valence-corrected chi connectivity index (χ1v) is 5.97. The van der Waals surface area contributed by atoms with Crippen molar-refractivity contribution in [2.75, 3.05) is 36.9 Å². The monoisotopic (exact) mass is 235 g/mol. The Kier molecular flexibility index (Phi) is 2.82. The Bertz CT molecular complexity index is 369. The lowest BCUT2D eigenvalue weighted by Gasteiger charge is -2.29. The van der Waals surface area contributed by atoms with Crippen LogP contribution in [0.5, 0.6) is 0 Å². The first-order chi connectivity index (χ1) is 8.29. The minimum Gasteiger partial charge on any atom is -0.377 e. The minimum absolute atomic E-state index is 0.356. The van der Waals surface area contributed by atoms with E-state index in [2.05, 4.69) is 25.9 Å². The number of anilines is 2. The van der Waals surface area contributed by atoms with Crippen LogP contribution in [-0.2, 0) is 4.74 Å². The molecule has 17 heavy (non-hydrogen) atoms. The maximum atomic E-state index is 5.12. The van der Waals surface area contributed by atoms with Gasteiger partial charge in [0.1, 0.15) is 5.82 Å². The third kappa shape index (κ3) is 2.48. The molecular weight excluding hydrogens is 218 g/mol. The van der Waals surface area contributed by atoms with Crippen LogP contribution >= 0.6 is 0 Å². The Morgan fingerprint density at radius 2 is 2.06 bits per heavy atom. The van der Waals surface area contributed by atoms with Gasteiger partial charge in [0.05, 0.1) is 25.3 Å². The number of ether oxygens (including phenoxy) is 1. The average molecular weight is 235 g/mol. The third-order valence-corrected chi connectivity index (χ3v) is 2.96. The van der Waals surface area contributed by atoms with Crippen LogP contribution in [0, 0.1) is 6.92 Å². The molecule has 2 aliphatic rings. The highest BCUT2D eigenvalue weighted by Crippen LogP contribution is 2.14. The van der Waals surface area contributed by atoms with Crippen LogP contribution in [0.1, 0.15) is 5.69 Å². The Hall–Kier alpha value is -1.40. The van der Waals surface area contributed by atoms with E-state index in [0.717, 1.165) is 37.8 Å². The van der Waals surface area contributed by atoms with Gasteiger partial charge in [-0.2, -0.15) is 4.98 Å². The first kappa shape index (κ1) is 10.7. The lowest BCUT2D eigenvalue weighted by atomic mass is 10.2. The van der Waals surface area contributed by atoms with Crippen molar-refractivity contribution in [2.24, 2.45) is 0 Å². The van der Waals surface area contributed by atoms with Crippen LogP contribution < -0.4 is 16.0 Å². The van der Waals surface area contributed by atoms with Gasteiger partial charge in [-0.15, -0.1) is 0 Å². The van der Waals surface area contributed by atoms with E-state index in [1.54, 1.807) is 0 Å². The lowest BCUT2D eigenvalue weighted by Crippen LogP contribution is -2.51. The van der Waals surface area contributed by atoms with E-state index in [9.17, 15) is 0 Å². The van der Waals surface area contributed by atoms with E-state index >= 15 is 0 Å². The van der Waals surface area contributed by atoms with E-state index in [-0.39, 0.29) is 0 Å². The van der Waals surface area contributed by atoms with Crippen LogP contribution in [0.15, 0.2) is 6.07 Å². The normalized spacial score (nSPS) is 20.5. The van der Waals surface area contributed by atoms with Gasteiger partial charge in [0.15, 0.2) is 0 Å². The molecule has 2 aliphatic heterocycles. The Balaban J connectivity index is 1.68. The topological polar surface area (TPSA) is 71.1 Å². The molecule has 0 atom stereocenters. The molecule has 3 N–H and O–H groups in total. The van der Waals surface area contributed by atoms with Gasteiger partial charge < -0.3 is 20.7 Å². The van der Waals surface area contributed by atoms with Crippen LogP contribution in [0.25, 0.3) is 0 Å². The van der Waals surface area contributed by atoms with E-state index < -0.39 is 0 Å². The zero-order chi connectivity index (χ0) is 11.7. The molecule has 1 aromatic rings. The minimum atomic E-state index is 0.356. The number of hydrogen-bond donors (Lipinski definition) is 3. The fourth-order valence-corrected chi connectivity index (χ4v) is 1.81. The molecule has 0 saturated carbocycles. The van der Waals surface area contributed by atoms with Gasteiger partial charge >= 0.3 is 0 Å². The smallest absolute Gasteiger partial charge is 0.225 e. The molecular formula is C11H17N5O. The highest BCUT2D eigenvalue weighted by molar-refractivity contribution is 5.44. The Morgan fingerprint density at radius 1 is 1.24 bits per heavy atom. The summed E-state index contributed by atoms with van der Waals surface area (Å²) in [5.41, 5.74) is 0.970. The van der Waals surface area contributed by atoms with Crippen molar-refractivity contribution in [3.8, 4) is 0 Å². The van der Waals surface area contributed by atoms with Crippen molar-refractivity contribution >= 4 is 11.8 Å². The lowest BCUT2D eigenvalue weighted by molar-refractivity contribution is 0.0208. The molecule has 92 valence electrons. The molecule has 3 heterocycles. The molecule has 0 radical (unpaired) electrons. The zero-order valence-corrected chi connectivity index (χ0v) is 9.86. The molecule has 3 rings (SSSR count). The number of hydrogen-bond acceptors (Lipinski definition) is 6. The summed E-state index contributed by atoms with van der Waals surface area (Å²) in [7, 11) is 0. The number of nitrogens with zero attached hydrogens (tertiary/aromatic N) is 2. The summed E-state index contributed by atoms with van der Waals surface area (Å²) in [6.45, 7) is 5.47. The fourth-order valence-electron chi connectivity index (χ4n) is 1.81. The van der Waals surface area contributed by atoms with Crippen LogP contribution in [-0.4, -0.2) is 48.4 Å². The zero-order valence-electron chi connectivity index (χ0n) is 9.86. The summed E-state index contributed by atoms with van der Waals surface area (Å²) in [6.07, 6.45) is 0. The summed E-state index contributed by atoms with van der Waals surface area (Å²) in [5.74, 6) is 1.58. The van der Waals surface area contributed by atoms with Gasteiger partial charge in [-0.3, -0.25) is 0 Å². The molecule has 0 spiro atoms. The molecule has 6 heteroatoms. The summed E-state index contributed by atoms with van der Waals surface area (Å²) in [4.78, 5) is 8.83. The quantitative estimate of drug-likeness (QED) is 0.681. The highest BCUT2D eigenvalue weighted by Gasteiger charge is 2.20. The molecule has 2 saturated heterocycles. The van der Waals surface area contributed by atoms with Crippen LogP contribution in [0.4, 0.5) is 11.8 Å². The van der Waals surface area contributed by atoms with Gasteiger partial charge in [0.2, 0.25) is 5.95 Å². The number of nitrogens with one attached hydrogen (secondary N) is 3. The Morgan fingerprint density at radius 3 is 2.65 bits per heavy atom. The van der Waals surface area contributed by atoms with E-state index in [4.69, 9.17) is 4.74 Å². The highest BCUT2D eigenvalue weighted by atomic mass is 16.5. The SMILES string of the molecule is Cc1cc(NC2CNC2)nc(NC2COC2)n1. The molecule has 0 aromatic carbocycles. The van der Waals surface area contributed by atoms with E-state index in [0.29, 0.717) is 18.0 Å². The van der Waals surface area contributed by atoms with Gasteiger partial charge in [-0.05, 0) is 6.92 Å². The molecule has 2 fully saturated rings. The second-order valence-electron chi connectivity index (χ2n) is 4.60. The van der Waals surface area contributed by atoms with Crippen molar-refractivity contribution in [1.29, 1.82) is 0 Å². The van der Waals surface area contributed by atoms with E-state index in [1.165, 1.54) is 0 Å². The van der Waals surface area contributed by atoms with Crippen LogP contribution in [0.2, 0.25) is 0 Å². The van der Waals surface area contributed by atoms with Crippen molar-refractivity contribution in [1.82, 2.24) is 15.3 Å². The fraction of sp³-hybridized carbons (Fsp3) is 0.636. The maximum Gasteiger partial charge on any atom is 0.225 e. The second-order valence-corrected chi connectivity index (χ2v) is 4.60. The van der Waals surface area contributed by atoms with Crippen molar-refractivity contribution in [2.45, 2.75) is 19.0 Å². The third-order valence-electron chi connectivity index (χ3n) is 2.96. The first-order valence-electron chi connectivity index (χ1n) is 5.97. The standard InChI is InChI=1S/C11H17N5O/c1-7-2-10(14-8-3-12-4-8)16-11(13-7)15-9-5-17-6-9/h2,8-9,12H,3-6H2,1H3,(H2,13,14,15,16). The van der Waals surface area contributed by atoms with Crippen molar-refractivity contribution in [3.63, 3.8) is 0 Å². The van der Waals surface area contributed by atoms with Gasteiger partial charge in [0.25, 0.3) is 0 Å². The average Bonchev–Trinajstić information content (AvgIpc) is 2.17. The van der Waals surface area contributed by atoms with E-state index in [1.807, 2.05) is 13.0 Å². The van der Waals surface area contributed by atoms with Crippen molar-refractivity contribution < 1.29 is 4.74 Å². The van der Waals surface area contributed by atoms with Crippen LogP contribution in [0.3, 0.4) is 0 Å². The van der Waals surface area contributed by atoms with Gasteiger partial charge in [-0.25, -0.2) is 4.98 Å². The predicted molar refractivity (Wildman–Crippen MR) is 65.3 cm³/mol. The number of rotatable bonds is 4. The Labute approximate surface area is 100 Å². The predicted octanol–water partition coefficient (Wildman–Crippen LogP) is -0.0206. The molecule has 6 nitrogen and oxygen atoms in total. The number of aryl methyl sites for hydroxylation is 1. The van der Waals surface area contributed by atoms with Gasteiger partial charge in [-0.1, -0.05) is 0 Å². The van der Waals surface area contributed by atoms with Crippen molar-refractivity contribution in [3.05, 3.63) is 11.8 Å². The maximum absolute atomic E-state index is 5.12. The molecule has 1 aromatic heterocycles. The molecule has 0 unspecified atom stereocenters. The molecule has 0 aliphatic carbocycles. The summed E-state index contributed by atoms with van der Waals surface area (Å²) in [6, 6.07) is 2.82. The summed E-state index contributed by atoms with van der Waals surface area (Å²) >= 11 is 0. The summed E-state index contributed by atoms with van der Waals surface area (Å²) in [5, 5.41) is 9.87. The second kappa shape index (κ2) is 4.46. The largest absolute Gasteiger partial charge is 0.377 e. The van der Waals surface area contributed by atoms with Gasteiger partial charge in [0, 0.05) is 24.8 Å². The molecule has 0 amide bonds.